The highest BCUT2D eigenvalue weighted by Gasteiger charge is 2.10. The third kappa shape index (κ3) is 2.83. The molecule has 0 bridgehead atoms. The number of hydrogen-bond acceptors (Lipinski definition) is 6. The third-order valence-electron chi connectivity index (χ3n) is 2.82. The second kappa shape index (κ2) is 5.97. The van der Waals surface area contributed by atoms with E-state index in [4.69, 9.17) is 15.7 Å². The summed E-state index contributed by atoms with van der Waals surface area (Å²) in [6, 6.07) is 6.99. The van der Waals surface area contributed by atoms with E-state index in [2.05, 4.69) is 15.2 Å². The van der Waals surface area contributed by atoms with E-state index in [1.54, 1.807) is 18.2 Å². The van der Waals surface area contributed by atoms with Crippen molar-refractivity contribution in [3.63, 3.8) is 0 Å². The molecule has 20 heavy (non-hydrogen) atoms. The molecule has 0 aliphatic carbocycles. The van der Waals surface area contributed by atoms with Gasteiger partial charge in [-0.2, -0.15) is 10.2 Å². The van der Waals surface area contributed by atoms with Crippen molar-refractivity contribution in [2.24, 2.45) is 0 Å². The highest BCUT2D eigenvalue weighted by molar-refractivity contribution is 5.53. The third-order valence-corrected chi connectivity index (χ3v) is 2.82. The molecule has 6 nitrogen and oxygen atoms in total. The Balaban J connectivity index is 2.33. The Kier molecular flexibility index (Phi) is 4.11. The van der Waals surface area contributed by atoms with Gasteiger partial charge >= 0.3 is 6.01 Å². The number of benzene rings is 1. The van der Waals surface area contributed by atoms with Crippen LogP contribution in [0.5, 0.6) is 11.8 Å². The minimum Gasteiger partial charge on any atom is -0.422 e. The first kappa shape index (κ1) is 13.7. The van der Waals surface area contributed by atoms with Crippen molar-refractivity contribution in [2.75, 3.05) is 5.73 Å². The van der Waals surface area contributed by atoms with Crippen LogP contribution in [-0.4, -0.2) is 15.2 Å². The number of hydrogen-bond donors (Lipinski definition) is 1. The molecule has 0 fully saturated rings. The molecule has 0 saturated carbocycles. The summed E-state index contributed by atoms with van der Waals surface area (Å²) in [6.45, 7) is 4.00. The molecule has 0 spiro atoms. The van der Waals surface area contributed by atoms with Gasteiger partial charge in [0.05, 0.1) is 17.0 Å². The zero-order valence-electron chi connectivity index (χ0n) is 11.4. The lowest BCUT2D eigenvalue weighted by atomic mass is 10.2. The number of nitrogens with two attached hydrogens (primary N) is 1. The number of anilines is 1. The van der Waals surface area contributed by atoms with Gasteiger partial charge in [0.1, 0.15) is 11.8 Å². The van der Waals surface area contributed by atoms with Gasteiger partial charge in [-0.05, 0) is 31.0 Å². The van der Waals surface area contributed by atoms with Gasteiger partial charge in [0.2, 0.25) is 0 Å². The fraction of sp³-hybridized carbons (Fsp3) is 0.286. The summed E-state index contributed by atoms with van der Waals surface area (Å²) >= 11 is 0. The molecule has 1 aromatic carbocycles. The lowest BCUT2D eigenvalue weighted by Gasteiger charge is -2.08. The van der Waals surface area contributed by atoms with E-state index < -0.39 is 0 Å². The largest absolute Gasteiger partial charge is 0.422 e. The number of nitrogens with zero attached hydrogens (tertiary/aromatic N) is 4. The lowest BCUT2D eigenvalue weighted by Crippen LogP contribution is -2.04. The number of ether oxygens (including phenoxy) is 1. The first-order valence-electron chi connectivity index (χ1n) is 6.37. The van der Waals surface area contributed by atoms with Gasteiger partial charge in [0.15, 0.2) is 0 Å². The molecule has 2 rings (SSSR count). The Bertz CT molecular complexity index is 663. The van der Waals surface area contributed by atoms with E-state index >= 15 is 0 Å². The quantitative estimate of drug-likeness (QED) is 0.855. The van der Waals surface area contributed by atoms with Crippen LogP contribution in [0.25, 0.3) is 0 Å². The summed E-state index contributed by atoms with van der Waals surface area (Å²) in [5, 5.41) is 17.1. The number of nitriles is 1. The zero-order valence-corrected chi connectivity index (χ0v) is 11.4. The van der Waals surface area contributed by atoms with Gasteiger partial charge in [0.25, 0.3) is 0 Å². The van der Waals surface area contributed by atoms with Gasteiger partial charge < -0.3 is 10.5 Å². The number of aryl methyl sites for hydroxylation is 2. The van der Waals surface area contributed by atoms with Gasteiger partial charge in [-0.25, -0.2) is 0 Å². The standard InChI is InChI=1S/C14H15N5O/c1-3-11-12(4-2)18-19-14(17-11)20-13-6-5-10(16)7-9(13)8-15/h5-7H,3-4,16H2,1-2H3. The maximum absolute atomic E-state index is 9.06. The molecule has 0 amide bonds. The van der Waals surface area contributed by atoms with Crippen molar-refractivity contribution >= 4 is 5.69 Å². The fourth-order valence-corrected chi connectivity index (χ4v) is 1.79. The Hall–Kier alpha value is -2.68. The average molecular weight is 269 g/mol. The molecule has 1 heterocycles. The molecule has 0 unspecified atom stereocenters. The van der Waals surface area contributed by atoms with Crippen molar-refractivity contribution in [3.8, 4) is 17.8 Å². The first-order valence-corrected chi connectivity index (χ1v) is 6.37. The zero-order chi connectivity index (χ0) is 14.5. The predicted octanol–water partition coefficient (Wildman–Crippen LogP) is 2.24. The van der Waals surface area contributed by atoms with Crippen LogP contribution in [0.15, 0.2) is 18.2 Å². The van der Waals surface area contributed by atoms with Crippen molar-refractivity contribution in [1.82, 2.24) is 15.2 Å². The second-order valence-corrected chi connectivity index (χ2v) is 4.16. The first-order chi connectivity index (χ1) is 9.67. The number of aromatic nitrogens is 3. The Morgan fingerprint density at radius 2 is 1.95 bits per heavy atom. The highest BCUT2D eigenvalue weighted by atomic mass is 16.5. The maximum atomic E-state index is 9.06. The molecule has 2 N–H and O–H groups in total. The topological polar surface area (TPSA) is 97.7 Å². The Morgan fingerprint density at radius 3 is 2.60 bits per heavy atom. The van der Waals surface area contributed by atoms with Crippen molar-refractivity contribution in [2.45, 2.75) is 26.7 Å². The number of nitrogen functional groups attached to an aromatic ring is 1. The molecular weight excluding hydrogens is 254 g/mol. The van der Waals surface area contributed by atoms with E-state index in [0.29, 0.717) is 17.0 Å². The maximum Gasteiger partial charge on any atom is 0.341 e. The monoisotopic (exact) mass is 269 g/mol. The average Bonchev–Trinajstić information content (AvgIpc) is 2.48. The summed E-state index contributed by atoms with van der Waals surface area (Å²) in [5.74, 6) is 0.370. The molecule has 0 aliphatic rings. The van der Waals surface area contributed by atoms with Gasteiger partial charge in [0, 0.05) is 5.69 Å². The normalized spacial score (nSPS) is 10.1. The summed E-state index contributed by atoms with van der Waals surface area (Å²) < 4.78 is 5.53. The molecule has 0 aliphatic heterocycles. The van der Waals surface area contributed by atoms with Crippen LogP contribution in [0.4, 0.5) is 5.69 Å². The SMILES string of the molecule is CCc1nnc(Oc2ccc(N)cc2C#N)nc1CC. The Labute approximate surface area is 117 Å². The summed E-state index contributed by atoms with van der Waals surface area (Å²) in [7, 11) is 0. The fourth-order valence-electron chi connectivity index (χ4n) is 1.79. The van der Waals surface area contributed by atoms with Crippen molar-refractivity contribution < 1.29 is 4.74 Å². The van der Waals surface area contributed by atoms with E-state index in [0.717, 1.165) is 24.2 Å². The van der Waals surface area contributed by atoms with E-state index in [-0.39, 0.29) is 6.01 Å². The molecule has 102 valence electrons. The molecule has 2 aromatic rings. The summed E-state index contributed by atoms with van der Waals surface area (Å²) in [5.41, 5.74) is 8.18. The van der Waals surface area contributed by atoms with Crippen LogP contribution >= 0.6 is 0 Å². The van der Waals surface area contributed by atoms with Crippen LogP contribution in [0, 0.1) is 11.3 Å². The van der Waals surface area contributed by atoms with Crippen LogP contribution < -0.4 is 10.5 Å². The van der Waals surface area contributed by atoms with Gasteiger partial charge in [-0.1, -0.05) is 18.9 Å². The molecule has 0 saturated heterocycles. The van der Waals surface area contributed by atoms with Crippen LogP contribution in [0.2, 0.25) is 0 Å². The van der Waals surface area contributed by atoms with Crippen LogP contribution in [-0.2, 0) is 12.8 Å². The van der Waals surface area contributed by atoms with Gasteiger partial charge in [-0.15, -0.1) is 5.10 Å². The van der Waals surface area contributed by atoms with Crippen LogP contribution in [0.3, 0.4) is 0 Å². The van der Waals surface area contributed by atoms with Crippen molar-refractivity contribution in [1.29, 1.82) is 5.26 Å². The van der Waals surface area contributed by atoms with E-state index in [1.165, 1.54) is 0 Å². The van der Waals surface area contributed by atoms with Crippen molar-refractivity contribution in [3.05, 3.63) is 35.2 Å². The number of rotatable bonds is 4. The van der Waals surface area contributed by atoms with E-state index in [9.17, 15) is 0 Å². The minimum absolute atomic E-state index is 0.139. The highest BCUT2D eigenvalue weighted by Crippen LogP contribution is 2.24. The molecule has 0 radical (unpaired) electrons. The lowest BCUT2D eigenvalue weighted by molar-refractivity contribution is 0.427. The van der Waals surface area contributed by atoms with Gasteiger partial charge in [-0.3, -0.25) is 0 Å². The molecule has 6 heteroatoms. The molecule has 0 atom stereocenters. The predicted molar refractivity (Wildman–Crippen MR) is 74.2 cm³/mol. The summed E-state index contributed by atoms with van der Waals surface area (Å²) in [6.07, 6.45) is 1.52. The Morgan fingerprint density at radius 1 is 1.20 bits per heavy atom. The molecule has 1 aromatic heterocycles. The molecular formula is C14H15N5O. The van der Waals surface area contributed by atoms with Crippen LogP contribution in [0.1, 0.15) is 30.8 Å². The summed E-state index contributed by atoms with van der Waals surface area (Å²) in [4.78, 5) is 4.32. The second-order valence-electron chi connectivity index (χ2n) is 4.16. The van der Waals surface area contributed by atoms with E-state index in [1.807, 2.05) is 19.9 Å². The minimum atomic E-state index is 0.139. The smallest absolute Gasteiger partial charge is 0.341 e.